The first-order valence-electron chi connectivity index (χ1n) is 9.34. The molecule has 0 saturated carbocycles. The molecule has 0 aliphatic carbocycles. The van der Waals surface area contributed by atoms with Crippen molar-refractivity contribution in [3.05, 3.63) is 103 Å². The highest BCUT2D eigenvalue weighted by Crippen LogP contribution is 2.30. The maximum atomic E-state index is 11.7. The number of benzene rings is 3. The number of fused-ring (bicyclic) bond motifs is 1. The van der Waals surface area contributed by atoms with E-state index in [9.17, 15) is 24.8 Å². The largest absolute Gasteiger partial charge is 0.507 e. The van der Waals surface area contributed by atoms with Crippen LogP contribution in [0.2, 0.25) is 0 Å². The maximum Gasteiger partial charge on any atom is 0.357 e. The third-order valence-electron chi connectivity index (χ3n) is 4.61. The molecule has 32 heavy (non-hydrogen) atoms. The predicted molar refractivity (Wildman–Crippen MR) is 119 cm³/mol. The van der Waals surface area contributed by atoms with E-state index in [-0.39, 0.29) is 17.0 Å². The van der Waals surface area contributed by atoms with Gasteiger partial charge in [-0.25, -0.2) is 4.79 Å². The average Bonchev–Trinajstić information content (AvgIpc) is 2.76. The van der Waals surface area contributed by atoms with Gasteiger partial charge in [0.05, 0.1) is 16.3 Å². The second kappa shape index (κ2) is 8.48. The number of hydrogen-bond acceptors (Lipinski definition) is 7. The second-order valence-corrected chi connectivity index (χ2v) is 6.70. The highest BCUT2D eigenvalue weighted by atomic mass is 16.6. The van der Waals surface area contributed by atoms with Crippen LogP contribution in [-0.4, -0.2) is 20.0 Å². The number of H-pyrrole nitrogens is 2. The Hall–Kier alpha value is -4.86. The molecule has 10 heteroatoms. The Kier molecular flexibility index (Phi) is 5.41. The summed E-state index contributed by atoms with van der Waals surface area (Å²) in [6, 6.07) is 17.9. The number of aromatic nitrogens is 2. The third-order valence-corrected chi connectivity index (χ3v) is 4.61. The molecule has 0 bridgehead atoms. The summed E-state index contributed by atoms with van der Waals surface area (Å²) in [7, 11) is 0. The lowest BCUT2D eigenvalue weighted by Crippen LogP contribution is -2.25. The number of nitrogens with zero attached hydrogens (tertiary/aromatic N) is 3. The third kappa shape index (κ3) is 4.19. The Labute approximate surface area is 179 Å². The summed E-state index contributed by atoms with van der Waals surface area (Å²) in [5.74, 6) is -0.125. The molecule has 158 valence electrons. The Morgan fingerprint density at radius 2 is 1.72 bits per heavy atom. The molecular formula is C22H15N5O5. The molecule has 4 rings (SSSR count). The highest BCUT2D eigenvalue weighted by Gasteiger charge is 2.18. The van der Waals surface area contributed by atoms with Crippen LogP contribution in [0.1, 0.15) is 11.3 Å². The van der Waals surface area contributed by atoms with Gasteiger partial charge in [-0.15, -0.1) is 5.11 Å². The molecule has 0 amide bonds. The number of hydrogen-bond donors (Lipinski definition) is 3. The zero-order valence-corrected chi connectivity index (χ0v) is 16.4. The van der Waals surface area contributed by atoms with Crippen LogP contribution in [0.15, 0.2) is 80.5 Å². The Morgan fingerprint density at radius 3 is 2.53 bits per heavy atom. The van der Waals surface area contributed by atoms with Gasteiger partial charge in [0.25, 0.3) is 0 Å². The molecule has 0 atom stereocenters. The van der Waals surface area contributed by atoms with Gasteiger partial charge in [-0.1, -0.05) is 36.4 Å². The monoisotopic (exact) mass is 429 g/mol. The molecule has 3 aromatic carbocycles. The van der Waals surface area contributed by atoms with Crippen molar-refractivity contribution in [3.8, 4) is 5.75 Å². The fraction of sp³-hybridized carbons (Fsp3) is 0. The predicted octanol–water partition coefficient (Wildman–Crippen LogP) is 4.42. The first-order valence-corrected chi connectivity index (χ1v) is 9.34. The van der Waals surface area contributed by atoms with Crippen LogP contribution in [0.3, 0.4) is 0 Å². The van der Waals surface area contributed by atoms with Crippen molar-refractivity contribution in [1.82, 2.24) is 9.97 Å². The zero-order chi connectivity index (χ0) is 22.7. The van der Waals surface area contributed by atoms with Crippen LogP contribution < -0.4 is 11.2 Å². The summed E-state index contributed by atoms with van der Waals surface area (Å²) in [6.45, 7) is 0. The molecule has 10 nitrogen and oxygen atoms in total. The number of nitrogens with one attached hydrogen (secondary N) is 2. The lowest BCUT2D eigenvalue weighted by molar-refractivity contribution is -0.386. The lowest BCUT2D eigenvalue weighted by Gasteiger charge is -2.02. The molecule has 0 fully saturated rings. The van der Waals surface area contributed by atoms with E-state index in [0.29, 0.717) is 11.4 Å². The molecule has 0 aliphatic rings. The summed E-state index contributed by atoms with van der Waals surface area (Å²) in [6.07, 6.45) is 2.49. The quantitative estimate of drug-likeness (QED) is 0.243. The topological polar surface area (TPSA) is 154 Å². The minimum Gasteiger partial charge on any atom is -0.507 e. The van der Waals surface area contributed by atoms with Gasteiger partial charge in [0.1, 0.15) is 11.4 Å². The van der Waals surface area contributed by atoms with E-state index >= 15 is 0 Å². The van der Waals surface area contributed by atoms with Crippen LogP contribution in [0, 0.1) is 10.1 Å². The average molecular weight is 429 g/mol. The fourth-order valence-corrected chi connectivity index (χ4v) is 3.12. The summed E-state index contributed by atoms with van der Waals surface area (Å²) in [4.78, 5) is 37.5. The van der Waals surface area contributed by atoms with E-state index in [4.69, 9.17) is 0 Å². The first kappa shape index (κ1) is 20.4. The normalized spacial score (nSPS) is 11.5. The number of aromatic amines is 2. The van der Waals surface area contributed by atoms with Crippen molar-refractivity contribution in [3.63, 3.8) is 0 Å². The van der Waals surface area contributed by atoms with E-state index in [1.807, 2.05) is 42.5 Å². The Bertz CT molecular complexity index is 1510. The van der Waals surface area contributed by atoms with Gasteiger partial charge in [-0.05, 0) is 41.8 Å². The summed E-state index contributed by atoms with van der Waals surface area (Å²) in [5, 5.41) is 31.7. The van der Waals surface area contributed by atoms with Gasteiger partial charge in [0.2, 0.25) is 0 Å². The SMILES string of the molecule is O=c1[nH]c(C=Cc2cc(N=Nc3cccc4ccccc34)ccc2O)c([N+](=O)[O-])c(=O)[nH]1. The van der Waals surface area contributed by atoms with Crippen molar-refractivity contribution < 1.29 is 10.0 Å². The Balaban J connectivity index is 1.69. The summed E-state index contributed by atoms with van der Waals surface area (Å²) in [5.41, 5.74) is -1.77. The highest BCUT2D eigenvalue weighted by molar-refractivity contribution is 5.92. The molecular weight excluding hydrogens is 414 g/mol. The second-order valence-electron chi connectivity index (χ2n) is 6.70. The van der Waals surface area contributed by atoms with Crippen molar-refractivity contribution in [1.29, 1.82) is 0 Å². The van der Waals surface area contributed by atoms with Crippen LogP contribution in [0.5, 0.6) is 5.75 Å². The van der Waals surface area contributed by atoms with E-state index in [1.54, 1.807) is 11.1 Å². The lowest BCUT2D eigenvalue weighted by atomic mass is 10.1. The van der Waals surface area contributed by atoms with Crippen LogP contribution in [0.25, 0.3) is 22.9 Å². The Morgan fingerprint density at radius 1 is 0.938 bits per heavy atom. The molecule has 4 aromatic rings. The van der Waals surface area contributed by atoms with Crippen LogP contribution in [0.4, 0.5) is 17.1 Å². The molecule has 0 aliphatic heterocycles. The first-order chi connectivity index (χ1) is 15.4. The number of phenolic OH excluding ortho intramolecular Hbond substituents is 1. The van der Waals surface area contributed by atoms with E-state index in [0.717, 1.165) is 16.8 Å². The van der Waals surface area contributed by atoms with Crippen LogP contribution >= 0.6 is 0 Å². The number of azo groups is 1. The number of nitro groups is 1. The van der Waals surface area contributed by atoms with Gasteiger partial charge in [0, 0.05) is 10.9 Å². The number of rotatable bonds is 5. The molecule has 0 saturated heterocycles. The van der Waals surface area contributed by atoms with Crippen molar-refractivity contribution in [2.75, 3.05) is 0 Å². The molecule has 0 radical (unpaired) electrons. The van der Waals surface area contributed by atoms with E-state index in [2.05, 4.69) is 15.2 Å². The van der Waals surface area contributed by atoms with Crippen molar-refractivity contribution in [2.45, 2.75) is 0 Å². The maximum absolute atomic E-state index is 11.7. The molecule has 0 spiro atoms. The van der Waals surface area contributed by atoms with Gasteiger partial charge >= 0.3 is 16.9 Å². The standard InChI is InChI=1S/C22H15N5O5/c28-19-11-9-15(25-26-17-7-3-5-13-4-1-2-6-16(13)17)12-14(19)8-10-18-20(27(31)32)21(29)24-22(30)23-18/h1-12,28H,(H2,23,24,29,30). The van der Waals surface area contributed by atoms with Gasteiger partial charge in [-0.2, -0.15) is 5.11 Å². The fourth-order valence-electron chi connectivity index (χ4n) is 3.12. The van der Waals surface area contributed by atoms with Gasteiger partial charge in [-0.3, -0.25) is 19.9 Å². The van der Waals surface area contributed by atoms with Crippen molar-refractivity contribution in [2.24, 2.45) is 10.2 Å². The summed E-state index contributed by atoms with van der Waals surface area (Å²) < 4.78 is 0. The smallest absolute Gasteiger partial charge is 0.357 e. The van der Waals surface area contributed by atoms with Crippen LogP contribution in [-0.2, 0) is 0 Å². The molecule has 0 unspecified atom stereocenters. The van der Waals surface area contributed by atoms with E-state index < -0.39 is 21.9 Å². The molecule has 1 aromatic heterocycles. The van der Waals surface area contributed by atoms with Crippen molar-refractivity contribution >= 4 is 40.0 Å². The number of phenols is 1. The van der Waals surface area contributed by atoms with Gasteiger partial charge < -0.3 is 10.1 Å². The summed E-state index contributed by atoms with van der Waals surface area (Å²) >= 11 is 0. The van der Waals surface area contributed by atoms with E-state index in [1.165, 1.54) is 18.2 Å². The zero-order valence-electron chi connectivity index (χ0n) is 16.4. The minimum atomic E-state index is -1.12. The number of aromatic hydroxyl groups is 1. The molecule has 3 N–H and O–H groups in total. The minimum absolute atomic E-state index is 0.125. The van der Waals surface area contributed by atoms with Gasteiger partial charge in [0.15, 0.2) is 0 Å². The molecule has 1 heterocycles.